The van der Waals surface area contributed by atoms with Crippen LogP contribution in [-0.2, 0) is 6.42 Å². The van der Waals surface area contributed by atoms with Crippen LogP contribution in [0.1, 0.15) is 25.3 Å². The van der Waals surface area contributed by atoms with Crippen molar-refractivity contribution in [3.05, 3.63) is 29.8 Å². The normalized spacial score (nSPS) is 16.1. The average Bonchev–Trinajstić information content (AvgIpc) is 2.99. The summed E-state index contributed by atoms with van der Waals surface area (Å²) in [6.07, 6.45) is 4.06. The molecule has 0 saturated heterocycles. The van der Waals surface area contributed by atoms with E-state index in [-0.39, 0.29) is 0 Å². The third-order valence-electron chi connectivity index (χ3n) is 2.51. The molecule has 0 amide bonds. The van der Waals surface area contributed by atoms with Gasteiger partial charge in [-0.05, 0) is 42.9 Å². The first-order valence-corrected chi connectivity index (χ1v) is 6.09. The van der Waals surface area contributed by atoms with Crippen LogP contribution in [0.15, 0.2) is 29.2 Å². The number of hydrogen-bond donors (Lipinski definition) is 0. The molecular formula is C12H16S. The average molecular weight is 192 g/mol. The second-order valence-corrected chi connectivity index (χ2v) is 4.85. The van der Waals surface area contributed by atoms with E-state index in [0.717, 1.165) is 12.3 Å². The first kappa shape index (κ1) is 9.14. The fourth-order valence-electron chi connectivity index (χ4n) is 1.32. The van der Waals surface area contributed by atoms with Crippen molar-refractivity contribution in [2.75, 3.05) is 5.75 Å². The standard InChI is InChI=1S/C12H16S/c1-2-10-5-7-12(8-6-10)13-9-11-3-4-11/h5-8,11H,2-4,9H2,1H3. The van der Waals surface area contributed by atoms with Gasteiger partial charge in [0.2, 0.25) is 0 Å². The minimum Gasteiger partial charge on any atom is -0.126 e. The van der Waals surface area contributed by atoms with Crippen molar-refractivity contribution in [3.63, 3.8) is 0 Å². The number of hydrogen-bond acceptors (Lipinski definition) is 1. The maximum atomic E-state index is 2.26. The fraction of sp³-hybridized carbons (Fsp3) is 0.500. The van der Waals surface area contributed by atoms with E-state index >= 15 is 0 Å². The number of aryl methyl sites for hydroxylation is 1. The zero-order chi connectivity index (χ0) is 9.10. The lowest BCUT2D eigenvalue weighted by molar-refractivity contribution is 1.000. The molecule has 0 bridgehead atoms. The highest BCUT2D eigenvalue weighted by atomic mass is 32.2. The molecule has 1 aromatic carbocycles. The van der Waals surface area contributed by atoms with E-state index in [1.54, 1.807) is 0 Å². The molecule has 1 saturated carbocycles. The topological polar surface area (TPSA) is 0 Å². The molecule has 0 radical (unpaired) electrons. The molecule has 1 aromatic rings. The van der Waals surface area contributed by atoms with Crippen molar-refractivity contribution in [1.82, 2.24) is 0 Å². The van der Waals surface area contributed by atoms with Gasteiger partial charge in [-0.15, -0.1) is 11.8 Å². The number of thioether (sulfide) groups is 1. The lowest BCUT2D eigenvalue weighted by Crippen LogP contribution is -1.82. The van der Waals surface area contributed by atoms with Crippen molar-refractivity contribution in [3.8, 4) is 0 Å². The molecule has 0 heterocycles. The summed E-state index contributed by atoms with van der Waals surface area (Å²) in [6, 6.07) is 9.00. The van der Waals surface area contributed by atoms with E-state index in [1.165, 1.54) is 29.1 Å². The second kappa shape index (κ2) is 4.19. The molecule has 0 N–H and O–H groups in total. The predicted molar refractivity (Wildman–Crippen MR) is 59.3 cm³/mol. The molecule has 1 aliphatic rings. The first-order valence-electron chi connectivity index (χ1n) is 5.10. The molecule has 0 aliphatic heterocycles. The van der Waals surface area contributed by atoms with E-state index in [9.17, 15) is 0 Å². The van der Waals surface area contributed by atoms with Gasteiger partial charge < -0.3 is 0 Å². The van der Waals surface area contributed by atoms with Crippen LogP contribution in [0, 0.1) is 5.92 Å². The van der Waals surface area contributed by atoms with Gasteiger partial charge in [0.05, 0.1) is 0 Å². The second-order valence-electron chi connectivity index (χ2n) is 3.75. The predicted octanol–water partition coefficient (Wildman–Crippen LogP) is 3.75. The zero-order valence-corrected chi connectivity index (χ0v) is 8.94. The molecule has 0 atom stereocenters. The Kier molecular flexibility index (Phi) is 2.94. The molecule has 1 fully saturated rings. The maximum Gasteiger partial charge on any atom is 0.00722 e. The van der Waals surface area contributed by atoms with Gasteiger partial charge in [0, 0.05) is 10.6 Å². The molecule has 13 heavy (non-hydrogen) atoms. The molecule has 0 spiro atoms. The number of benzene rings is 1. The van der Waals surface area contributed by atoms with Crippen LogP contribution in [0.3, 0.4) is 0 Å². The lowest BCUT2D eigenvalue weighted by atomic mass is 10.2. The summed E-state index contributed by atoms with van der Waals surface area (Å²) in [7, 11) is 0. The fourth-order valence-corrected chi connectivity index (χ4v) is 2.41. The van der Waals surface area contributed by atoms with Crippen LogP contribution >= 0.6 is 11.8 Å². The maximum absolute atomic E-state index is 2.26. The first-order chi connectivity index (χ1) is 6.38. The van der Waals surface area contributed by atoms with Gasteiger partial charge in [0.15, 0.2) is 0 Å². The Morgan fingerprint density at radius 3 is 2.46 bits per heavy atom. The smallest absolute Gasteiger partial charge is 0.00722 e. The lowest BCUT2D eigenvalue weighted by Gasteiger charge is -2.01. The van der Waals surface area contributed by atoms with Crippen molar-refractivity contribution < 1.29 is 0 Å². The van der Waals surface area contributed by atoms with Crippen molar-refractivity contribution in [2.45, 2.75) is 31.1 Å². The summed E-state index contributed by atoms with van der Waals surface area (Å²) in [5.41, 5.74) is 1.44. The Bertz CT molecular complexity index is 259. The zero-order valence-electron chi connectivity index (χ0n) is 8.12. The summed E-state index contributed by atoms with van der Waals surface area (Å²) >= 11 is 2.01. The van der Waals surface area contributed by atoms with Gasteiger partial charge in [0.25, 0.3) is 0 Å². The summed E-state index contributed by atoms with van der Waals surface area (Å²) < 4.78 is 0. The third kappa shape index (κ3) is 2.77. The van der Waals surface area contributed by atoms with Crippen LogP contribution < -0.4 is 0 Å². The van der Waals surface area contributed by atoms with Gasteiger partial charge in [-0.25, -0.2) is 0 Å². The number of rotatable bonds is 4. The summed E-state index contributed by atoms with van der Waals surface area (Å²) in [5, 5.41) is 0. The van der Waals surface area contributed by atoms with Crippen LogP contribution in [0.25, 0.3) is 0 Å². The van der Waals surface area contributed by atoms with Crippen molar-refractivity contribution in [2.24, 2.45) is 5.92 Å². The van der Waals surface area contributed by atoms with Crippen LogP contribution in [0.2, 0.25) is 0 Å². The molecule has 0 unspecified atom stereocenters. The van der Waals surface area contributed by atoms with Gasteiger partial charge >= 0.3 is 0 Å². The monoisotopic (exact) mass is 192 g/mol. The Hall–Kier alpha value is -0.430. The van der Waals surface area contributed by atoms with Crippen LogP contribution in [0.5, 0.6) is 0 Å². The summed E-state index contributed by atoms with van der Waals surface area (Å²) in [5.74, 6) is 2.35. The molecule has 0 nitrogen and oxygen atoms in total. The van der Waals surface area contributed by atoms with Gasteiger partial charge in [-0.1, -0.05) is 19.1 Å². The van der Waals surface area contributed by atoms with Gasteiger partial charge in [-0.3, -0.25) is 0 Å². The van der Waals surface area contributed by atoms with E-state index in [0.29, 0.717) is 0 Å². The SMILES string of the molecule is CCc1ccc(SCC2CC2)cc1. The van der Waals surface area contributed by atoms with Gasteiger partial charge in [0.1, 0.15) is 0 Å². The summed E-state index contributed by atoms with van der Waals surface area (Å²) in [6.45, 7) is 2.20. The van der Waals surface area contributed by atoms with Crippen LogP contribution in [-0.4, -0.2) is 5.75 Å². The molecule has 1 aliphatic carbocycles. The quantitative estimate of drug-likeness (QED) is 0.655. The highest BCUT2D eigenvalue weighted by Gasteiger charge is 2.20. The third-order valence-corrected chi connectivity index (χ3v) is 3.76. The largest absolute Gasteiger partial charge is 0.126 e. The Morgan fingerprint density at radius 1 is 1.23 bits per heavy atom. The Morgan fingerprint density at radius 2 is 1.92 bits per heavy atom. The van der Waals surface area contributed by atoms with Crippen LogP contribution in [0.4, 0.5) is 0 Å². The van der Waals surface area contributed by atoms with E-state index in [1.807, 2.05) is 11.8 Å². The highest BCUT2D eigenvalue weighted by Crippen LogP contribution is 2.34. The van der Waals surface area contributed by atoms with Gasteiger partial charge in [-0.2, -0.15) is 0 Å². The summed E-state index contributed by atoms with van der Waals surface area (Å²) in [4.78, 5) is 1.43. The van der Waals surface area contributed by atoms with E-state index in [2.05, 4.69) is 31.2 Å². The van der Waals surface area contributed by atoms with E-state index in [4.69, 9.17) is 0 Å². The molecule has 70 valence electrons. The highest BCUT2D eigenvalue weighted by molar-refractivity contribution is 7.99. The Balaban J connectivity index is 1.88. The molecular weight excluding hydrogens is 176 g/mol. The molecule has 1 heteroatoms. The van der Waals surface area contributed by atoms with E-state index < -0.39 is 0 Å². The molecule has 0 aromatic heterocycles. The van der Waals surface area contributed by atoms with Crippen molar-refractivity contribution >= 4 is 11.8 Å². The van der Waals surface area contributed by atoms with Crippen molar-refractivity contribution in [1.29, 1.82) is 0 Å². The minimum absolute atomic E-state index is 1.02. The minimum atomic E-state index is 1.02. The molecule has 2 rings (SSSR count). The Labute approximate surface area is 84.7 Å².